The second kappa shape index (κ2) is 7.35. The van der Waals surface area contributed by atoms with E-state index in [4.69, 9.17) is 10.5 Å². The zero-order valence-corrected chi connectivity index (χ0v) is 16.8. The fourth-order valence-electron chi connectivity index (χ4n) is 2.28. The van der Waals surface area contributed by atoms with Crippen LogP contribution in [0.5, 0.6) is 0 Å². The van der Waals surface area contributed by atoms with Gasteiger partial charge in [-0.05, 0) is 70.2 Å². The molecule has 0 heterocycles. The number of esters is 1. The second-order valence-electron chi connectivity index (χ2n) is 8.21. The molecule has 1 aromatic carbocycles. The monoisotopic (exact) mass is 383 g/mol. The standard InChI is InChI=1S/C19H30BrNO2/c1-17(2,3)23-16(22)19(6,11-10-18(4,5)13-21)14-8-7-9-15(20)12-14/h7-9,12H,10-11,13,21H2,1-6H3. The molecule has 0 aliphatic rings. The van der Waals surface area contributed by atoms with Gasteiger partial charge in [0, 0.05) is 4.47 Å². The van der Waals surface area contributed by atoms with Crippen molar-refractivity contribution in [3.05, 3.63) is 34.3 Å². The molecule has 1 unspecified atom stereocenters. The molecule has 0 aliphatic carbocycles. The first-order chi connectivity index (χ1) is 10.4. The van der Waals surface area contributed by atoms with Crippen molar-refractivity contribution in [3.8, 4) is 0 Å². The average Bonchev–Trinajstić information content (AvgIpc) is 2.43. The van der Waals surface area contributed by atoms with Crippen LogP contribution in [-0.4, -0.2) is 18.1 Å². The molecular formula is C19H30BrNO2. The van der Waals surface area contributed by atoms with Crippen molar-refractivity contribution in [1.29, 1.82) is 0 Å². The number of nitrogens with two attached hydrogens (primary N) is 1. The normalized spacial score (nSPS) is 15.1. The van der Waals surface area contributed by atoms with Gasteiger partial charge in [0.05, 0.1) is 5.41 Å². The maximum atomic E-state index is 12.9. The van der Waals surface area contributed by atoms with E-state index in [0.29, 0.717) is 13.0 Å². The van der Waals surface area contributed by atoms with E-state index >= 15 is 0 Å². The van der Waals surface area contributed by atoms with E-state index in [0.717, 1.165) is 16.5 Å². The molecule has 0 bridgehead atoms. The number of hydrogen-bond donors (Lipinski definition) is 1. The Kier molecular flexibility index (Phi) is 6.45. The molecule has 0 saturated carbocycles. The Morgan fingerprint density at radius 2 is 1.74 bits per heavy atom. The average molecular weight is 384 g/mol. The van der Waals surface area contributed by atoms with Gasteiger partial charge in [-0.2, -0.15) is 0 Å². The van der Waals surface area contributed by atoms with E-state index < -0.39 is 11.0 Å². The highest BCUT2D eigenvalue weighted by Gasteiger charge is 2.40. The second-order valence-corrected chi connectivity index (χ2v) is 9.13. The fraction of sp³-hybridized carbons (Fsp3) is 0.632. The van der Waals surface area contributed by atoms with Crippen LogP contribution in [-0.2, 0) is 14.9 Å². The van der Waals surface area contributed by atoms with Gasteiger partial charge in [0.15, 0.2) is 0 Å². The van der Waals surface area contributed by atoms with E-state index in [1.807, 2.05) is 52.0 Å². The maximum Gasteiger partial charge on any atom is 0.316 e. The summed E-state index contributed by atoms with van der Waals surface area (Å²) in [6.45, 7) is 12.5. The van der Waals surface area contributed by atoms with Crippen molar-refractivity contribution >= 4 is 21.9 Å². The van der Waals surface area contributed by atoms with Crippen LogP contribution in [0.2, 0.25) is 0 Å². The van der Waals surface area contributed by atoms with Gasteiger partial charge in [-0.3, -0.25) is 4.79 Å². The predicted molar refractivity (Wildman–Crippen MR) is 99.4 cm³/mol. The number of carbonyl (C=O) groups is 1. The first-order valence-corrected chi connectivity index (χ1v) is 8.88. The van der Waals surface area contributed by atoms with Crippen LogP contribution in [0.1, 0.15) is 59.9 Å². The van der Waals surface area contributed by atoms with Crippen LogP contribution < -0.4 is 5.73 Å². The molecule has 0 saturated heterocycles. The molecule has 0 radical (unpaired) electrons. The minimum Gasteiger partial charge on any atom is -0.459 e. The Morgan fingerprint density at radius 1 is 1.13 bits per heavy atom. The van der Waals surface area contributed by atoms with Gasteiger partial charge in [0.2, 0.25) is 0 Å². The van der Waals surface area contributed by atoms with Gasteiger partial charge in [0.1, 0.15) is 5.60 Å². The summed E-state index contributed by atoms with van der Waals surface area (Å²) < 4.78 is 6.67. The number of benzene rings is 1. The van der Waals surface area contributed by atoms with Crippen molar-refractivity contribution in [2.45, 2.75) is 65.4 Å². The number of carbonyl (C=O) groups excluding carboxylic acids is 1. The van der Waals surface area contributed by atoms with Gasteiger partial charge >= 0.3 is 5.97 Å². The van der Waals surface area contributed by atoms with Gasteiger partial charge in [-0.25, -0.2) is 0 Å². The molecule has 130 valence electrons. The van der Waals surface area contributed by atoms with Gasteiger partial charge < -0.3 is 10.5 Å². The summed E-state index contributed by atoms with van der Waals surface area (Å²) in [5.74, 6) is -0.184. The first kappa shape index (κ1) is 20.2. The van der Waals surface area contributed by atoms with Crippen molar-refractivity contribution in [2.75, 3.05) is 6.54 Å². The molecule has 0 fully saturated rings. The van der Waals surface area contributed by atoms with Crippen LogP contribution in [0.15, 0.2) is 28.7 Å². The molecule has 0 spiro atoms. The summed E-state index contributed by atoms with van der Waals surface area (Å²) in [6, 6.07) is 7.91. The molecule has 0 aliphatic heterocycles. The summed E-state index contributed by atoms with van der Waals surface area (Å²) in [4.78, 5) is 12.9. The van der Waals surface area contributed by atoms with E-state index in [-0.39, 0.29) is 11.4 Å². The smallest absolute Gasteiger partial charge is 0.316 e. The molecular weight excluding hydrogens is 354 g/mol. The highest BCUT2D eigenvalue weighted by molar-refractivity contribution is 9.10. The zero-order chi connectivity index (χ0) is 17.9. The lowest BCUT2D eigenvalue weighted by molar-refractivity contribution is -0.162. The summed E-state index contributed by atoms with van der Waals surface area (Å²) in [5, 5.41) is 0. The largest absolute Gasteiger partial charge is 0.459 e. The minimum atomic E-state index is -0.691. The van der Waals surface area contributed by atoms with Crippen molar-refractivity contribution in [2.24, 2.45) is 11.1 Å². The molecule has 0 aromatic heterocycles. The third-order valence-electron chi connectivity index (χ3n) is 4.17. The Morgan fingerprint density at radius 3 is 2.22 bits per heavy atom. The van der Waals surface area contributed by atoms with Gasteiger partial charge in [-0.1, -0.05) is 41.9 Å². The lowest BCUT2D eigenvalue weighted by Gasteiger charge is -2.34. The van der Waals surface area contributed by atoms with Crippen molar-refractivity contribution in [1.82, 2.24) is 0 Å². The molecule has 0 amide bonds. The number of rotatable bonds is 6. The van der Waals surface area contributed by atoms with Crippen LogP contribution in [0, 0.1) is 5.41 Å². The van der Waals surface area contributed by atoms with Crippen LogP contribution in [0.4, 0.5) is 0 Å². The molecule has 1 aromatic rings. The Labute approximate surface area is 149 Å². The number of hydrogen-bond acceptors (Lipinski definition) is 3. The van der Waals surface area contributed by atoms with Gasteiger partial charge in [-0.15, -0.1) is 0 Å². The highest BCUT2D eigenvalue weighted by Crippen LogP contribution is 2.37. The molecule has 2 N–H and O–H groups in total. The quantitative estimate of drug-likeness (QED) is 0.716. The Hall–Kier alpha value is -0.870. The molecule has 1 atom stereocenters. The van der Waals surface area contributed by atoms with Gasteiger partial charge in [0.25, 0.3) is 0 Å². The Bertz CT molecular complexity index is 549. The lowest BCUT2D eigenvalue weighted by Crippen LogP contribution is -2.40. The van der Waals surface area contributed by atoms with Crippen LogP contribution in [0.3, 0.4) is 0 Å². The summed E-state index contributed by atoms with van der Waals surface area (Å²) in [5.41, 5.74) is 5.62. The molecule has 4 heteroatoms. The predicted octanol–water partition coefficient (Wildman–Crippen LogP) is 4.81. The third-order valence-corrected chi connectivity index (χ3v) is 4.66. The third kappa shape index (κ3) is 5.92. The topological polar surface area (TPSA) is 52.3 Å². The highest BCUT2D eigenvalue weighted by atomic mass is 79.9. The first-order valence-electron chi connectivity index (χ1n) is 8.09. The summed E-state index contributed by atoms with van der Waals surface area (Å²) >= 11 is 3.50. The molecule has 3 nitrogen and oxygen atoms in total. The number of halogens is 1. The Balaban J connectivity index is 3.17. The summed E-state index contributed by atoms with van der Waals surface area (Å²) in [7, 11) is 0. The summed E-state index contributed by atoms with van der Waals surface area (Å²) in [6.07, 6.45) is 1.55. The molecule has 1 rings (SSSR count). The minimum absolute atomic E-state index is 0.00468. The van der Waals surface area contributed by atoms with Crippen molar-refractivity contribution < 1.29 is 9.53 Å². The maximum absolute atomic E-state index is 12.9. The van der Waals surface area contributed by atoms with Crippen molar-refractivity contribution in [3.63, 3.8) is 0 Å². The SMILES string of the molecule is CC(C)(CN)CCC(C)(C(=O)OC(C)(C)C)c1cccc(Br)c1. The fourth-order valence-corrected chi connectivity index (χ4v) is 2.68. The van der Waals surface area contributed by atoms with E-state index in [1.54, 1.807) is 0 Å². The number of ether oxygens (including phenoxy) is 1. The van der Waals surface area contributed by atoms with Crippen LogP contribution in [0.25, 0.3) is 0 Å². The molecule has 23 heavy (non-hydrogen) atoms. The van der Waals surface area contributed by atoms with E-state index in [9.17, 15) is 4.79 Å². The zero-order valence-electron chi connectivity index (χ0n) is 15.2. The lowest BCUT2D eigenvalue weighted by atomic mass is 9.74. The van der Waals surface area contributed by atoms with E-state index in [2.05, 4.69) is 29.8 Å². The van der Waals surface area contributed by atoms with E-state index in [1.165, 1.54) is 0 Å². The van der Waals surface area contributed by atoms with Crippen LogP contribution >= 0.6 is 15.9 Å².